The Kier molecular flexibility index (Phi) is 6.50. The maximum absolute atomic E-state index is 15.1. The van der Waals surface area contributed by atoms with Crippen molar-refractivity contribution in [2.45, 2.75) is 62.8 Å². The predicted molar refractivity (Wildman–Crippen MR) is 151 cm³/mol. The Morgan fingerprint density at radius 1 is 1.27 bits per heavy atom. The number of benzene rings is 1. The summed E-state index contributed by atoms with van der Waals surface area (Å²) in [6.45, 7) is 7.48. The van der Waals surface area contributed by atoms with E-state index in [0.717, 1.165) is 31.2 Å². The first kappa shape index (κ1) is 26.4. The fourth-order valence-corrected chi connectivity index (χ4v) is 7.01. The number of hydrogen-bond donors (Lipinski definition) is 2. The molecule has 1 amide bonds. The summed E-state index contributed by atoms with van der Waals surface area (Å²) in [5, 5.41) is 2.87. The Balaban J connectivity index is 1.01. The van der Waals surface area contributed by atoms with E-state index in [1.54, 1.807) is 13.0 Å². The number of carbonyl (C=O) groups is 1. The van der Waals surface area contributed by atoms with Crippen LogP contribution in [0.25, 0.3) is 22.3 Å². The first-order chi connectivity index (χ1) is 19.9. The molecule has 3 aromatic rings. The molecule has 4 heterocycles. The third kappa shape index (κ3) is 4.39. The number of pyridine rings is 1. The SMILES string of the molecule is C=NC12OCC3(CCC3)C1OCC2COc1cc2nc(-c3ccc(C4CC(NC(=O)OCC)C4)cc3)c(F)cc2[nH]1. The minimum absolute atomic E-state index is 0.0642. The molecule has 0 bridgehead atoms. The van der Waals surface area contributed by atoms with Crippen molar-refractivity contribution in [3.05, 3.63) is 47.8 Å². The van der Waals surface area contributed by atoms with E-state index >= 15 is 4.39 Å². The molecule has 2 saturated heterocycles. The van der Waals surface area contributed by atoms with E-state index in [2.05, 4.69) is 27.0 Å². The highest BCUT2D eigenvalue weighted by atomic mass is 19.1. The van der Waals surface area contributed by atoms with Crippen LogP contribution in [0.5, 0.6) is 5.88 Å². The number of nitrogens with one attached hydrogen (secondary N) is 2. The first-order valence-electron chi connectivity index (χ1n) is 14.5. The van der Waals surface area contributed by atoms with Gasteiger partial charge in [0, 0.05) is 29.2 Å². The summed E-state index contributed by atoms with van der Waals surface area (Å²) in [6.07, 6.45) is 4.66. The number of aromatic nitrogens is 2. The predicted octanol–water partition coefficient (Wildman–Crippen LogP) is 5.35. The number of fused-ring (bicyclic) bond motifs is 3. The van der Waals surface area contributed by atoms with Crippen LogP contribution in [-0.2, 0) is 14.2 Å². The monoisotopic (exact) mass is 562 g/mol. The van der Waals surface area contributed by atoms with Gasteiger partial charge in [-0.15, -0.1) is 0 Å². The Labute approximate surface area is 237 Å². The summed E-state index contributed by atoms with van der Waals surface area (Å²) in [4.78, 5) is 23.8. The number of aromatic amines is 1. The normalized spacial score (nSPS) is 29.5. The van der Waals surface area contributed by atoms with Crippen LogP contribution in [0.1, 0.15) is 50.5 Å². The van der Waals surface area contributed by atoms with Crippen LogP contribution in [0.4, 0.5) is 9.18 Å². The van der Waals surface area contributed by atoms with Crippen LogP contribution in [0, 0.1) is 17.2 Å². The first-order valence-corrected chi connectivity index (χ1v) is 14.5. The van der Waals surface area contributed by atoms with E-state index in [4.69, 9.17) is 18.9 Å². The number of nitrogens with zero attached hydrogens (tertiary/aromatic N) is 2. The average Bonchev–Trinajstić information content (AvgIpc) is 3.59. The van der Waals surface area contributed by atoms with Gasteiger partial charge in [-0.2, -0.15) is 0 Å². The van der Waals surface area contributed by atoms with E-state index in [-0.39, 0.29) is 35.3 Å². The van der Waals surface area contributed by atoms with E-state index in [1.807, 2.05) is 24.3 Å². The number of hydrogen-bond acceptors (Lipinski definition) is 7. The van der Waals surface area contributed by atoms with Crippen molar-refractivity contribution >= 4 is 23.8 Å². The van der Waals surface area contributed by atoms with Crippen molar-refractivity contribution in [3.63, 3.8) is 0 Å². The number of carbonyl (C=O) groups excluding carboxylic acids is 1. The fourth-order valence-electron chi connectivity index (χ4n) is 7.01. The lowest BCUT2D eigenvalue weighted by Gasteiger charge is -2.41. The van der Waals surface area contributed by atoms with Crippen LogP contribution >= 0.6 is 0 Å². The largest absolute Gasteiger partial charge is 0.478 e. The highest BCUT2D eigenvalue weighted by Crippen LogP contribution is 2.59. The molecule has 7 rings (SSSR count). The second-order valence-corrected chi connectivity index (χ2v) is 11.9. The molecule has 1 aromatic carbocycles. The Hall–Kier alpha value is -3.50. The van der Waals surface area contributed by atoms with Crippen LogP contribution in [0.15, 0.2) is 41.4 Å². The molecule has 0 radical (unpaired) electrons. The lowest BCUT2D eigenvalue weighted by molar-refractivity contribution is -0.0481. The number of amides is 1. The summed E-state index contributed by atoms with van der Waals surface area (Å²) < 4.78 is 38.7. The van der Waals surface area contributed by atoms with Crippen molar-refractivity contribution in [2.75, 3.05) is 26.4 Å². The van der Waals surface area contributed by atoms with Crippen molar-refractivity contribution in [2.24, 2.45) is 16.3 Å². The van der Waals surface area contributed by atoms with Gasteiger partial charge in [0.2, 0.25) is 0 Å². The molecule has 1 spiro atoms. The van der Waals surface area contributed by atoms with Crippen LogP contribution in [0.2, 0.25) is 0 Å². The highest BCUT2D eigenvalue weighted by molar-refractivity contribution is 5.81. The van der Waals surface area contributed by atoms with Crippen molar-refractivity contribution in [1.29, 1.82) is 0 Å². The summed E-state index contributed by atoms with van der Waals surface area (Å²) in [5.41, 5.74) is 2.63. The van der Waals surface area contributed by atoms with Gasteiger partial charge in [-0.3, -0.25) is 4.99 Å². The smallest absolute Gasteiger partial charge is 0.407 e. The molecule has 216 valence electrons. The van der Waals surface area contributed by atoms with Crippen LogP contribution in [-0.4, -0.2) is 67.1 Å². The molecule has 3 unspecified atom stereocenters. The van der Waals surface area contributed by atoms with Gasteiger partial charge >= 0.3 is 6.09 Å². The standard InChI is InChI=1S/C31H35FN4O5/c1-3-38-29(37)34-22-11-20(12-22)18-5-7-19(8-6-18)27-23(32)13-24-25(36-27)14-26(35-24)39-15-21-16-40-28-30(9-4-10-30)17-41-31(21,28)33-2/h5-8,13-14,20-22,28,35H,2-4,9-12,15-17H2,1H3,(H,34,37). The topological polar surface area (TPSA) is 107 Å². The van der Waals surface area contributed by atoms with E-state index in [0.29, 0.717) is 54.8 Å². The van der Waals surface area contributed by atoms with Gasteiger partial charge in [0.1, 0.15) is 11.8 Å². The van der Waals surface area contributed by atoms with Gasteiger partial charge in [-0.05, 0) is 50.8 Å². The van der Waals surface area contributed by atoms with E-state index in [1.165, 1.54) is 12.5 Å². The van der Waals surface area contributed by atoms with Gasteiger partial charge in [0.15, 0.2) is 17.4 Å². The van der Waals surface area contributed by atoms with Crippen LogP contribution in [0.3, 0.4) is 0 Å². The molecule has 9 nitrogen and oxygen atoms in total. The van der Waals surface area contributed by atoms with Gasteiger partial charge in [-0.1, -0.05) is 30.7 Å². The molecule has 2 aliphatic heterocycles. The zero-order chi connectivity index (χ0) is 28.2. The molecular formula is C31H35FN4O5. The zero-order valence-electron chi connectivity index (χ0n) is 23.2. The molecule has 41 heavy (non-hydrogen) atoms. The number of halogens is 1. The van der Waals surface area contributed by atoms with E-state index in [9.17, 15) is 4.79 Å². The molecular weight excluding hydrogens is 527 g/mol. The van der Waals surface area contributed by atoms with Gasteiger partial charge in [0.25, 0.3) is 0 Å². The number of rotatable bonds is 8. The van der Waals surface area contributed by atoms with E-state index < -0.39 is 11.5 Å². The summed E-state index contributed by atoms with van der Waals surface area (Å²) in [6, 6.07) is 11.2. The molecule has 3 atom stereocenters. The Morgan fingerprint density at radius 3 is 2.78 bits per heavy atom. The quantitative estimate of drug-likeness (QED) is 0.359. The molecule has 2 aliphatic carbocycles. The Bertz CT molecular complexity index is 1470. The molecule has 2 saturated carbocycles. The lowest BCUT2D eigenvalue weighted by atomic mass is 9.64. The number of aliphatic imine (C=N–C) groups is 1. The molecule has 10 heteroatoms. The summed E-state index contributed by atoms with van der Waals surface area (Å²) in [7, 11) is 0. The third-order valence-electron chi connectivity index (χ3n) is 9.53. The van der Waals surface area contributed by atoms with Gasteiger partial charge in [0.05, 0.1) is 43.4 Å². The maximum Gasteiger partial charge on any atom is 0.407 e. The third-order valence-corrected chi connectivity index (χ3v) is 9.53. The van der Waals surface area contributed by atoms with Crippen molar-refractivity contribution in [3.8, 4) is 17.1 Å². The lowest BCUT2D eigenvalue weighted by Crippen LogP contribution is -2.48. The second kappa shape index (κ2) is 10.1. The van der Waals surface area contributed by atoms with Crippen molar-refractivity contribution in [1.82, 2.24) is 15.3 Å². The minimum atomic E-state index is -0.770. The Morgan fingerprint density at radius 2 is 2.07 bits per heavy atom. The van der Waals surface area contributed by atoms with Gasteiger partial charge in [-0.25, -0.2) is 14.2 Å². The summed E-state index contributed by atoms with van der Waals surface area (Å²) >= 11 is 0. The fraction of sp³-hybridized carbons (Fsp3) is 0.516. The van der Waals surface area contributed by atoms with Crippen molar-refractivity contribution < 1.29 is 28.1 Å². The van der Waals surface area contributed by atoms with Gasteiger partial charge < -0.3 is 29.2 Å². The zero-order valence-corrected chi connectivity index (χ0v) is 23.2. The average molecular weight is 563 g/mol. The minimum Gasteiger partial charge on any atom is -0.478 e. The molecule has 4 fully saturated rings. The maximum atomic E-state index is 15.1. The molecule has 4 aliphatic rings. The second-order valence-electron chi connectivity index (χ2n) is 11.9. The number of H-pyrrole nitrogens is 1. The molecule has 2 aromatic heterocycles. The summed E-state index contributed by atoms with van der Waals surface area (Å²) in [5.74, 6) is 0.370. The number of ether oxygens (including phenoxy) is 4. The number of alkyl carbamates (subject to hydrolysis) is 1. The highest BCUT2D eigenvalue weighted by Gasteiger charge is 2.67. The molecule has 2 N–H and O–H groups in total. The van der Waals surface area contributed by atoms with Crippen LogP contribution < -0.4 is 10.1 Å².